The molecule has 2 N–H and O–H groups in total. The zero-order valence-corrected chi connectivity index (χ0v) is 13.8. The highest BCUT2D eigenvalue weighted by Crippen LogP contribution is 2.30. The number of fused-ring (bicyclic) bond motifs is 1. The largest absolute Gasteiger partial charge is 0.480 e. The lowest BCUT2D eigenvalue weighted by atomic mass is 10.1. The summed E-state index contributed by atoms with van der Waals surface area (Å²) in [6, 6.07) is 13.2. The predicted octanol–water partition coefficient (Wildman–Crippen LogP) is 3.26. The minimum Gasteiger partial charge on any atom is -0.480 e. The summed E-state index contributed by atoms with van der Waals surface area (Å²) in [5.41, 5.74) is 3.29. The molecule has 0 aliphatic rings. The molecule has 1 heterocycles. The summed E-state index contributed by atoms with van der Waals surface area (Å²) in [4.78, 5) is 30.0. The minimum absolute atomic E-state index is 0.0508. The lowest BCUT2D eigenvalue weighted by Crippen LogP contribution is -2.30. The number of aliphatic carboxylic acids is 1. The second-order valence-electron chi connectivity index (χ2n) is 5.30. The maximum absolute atomic E-state index is 11.7. The molecule has 0 atom stereocenters. The van der Waals surface area contributed by atoms with Crippen LogP contribution in [0, 0.1) is 6.57 Å². The van der Waals surface area contributed by atoms with Gasteiger partial charge in [0.25, 0.3) is 0 Å². The minimum atomic E-state index is -1.08. The van der Waals surface area contributed by atoms with E-state index in [0.29, 0.717) is 10.7 Å². The van der Waals surface area contributed by atoms with Crippen molar-refractivity contribution < 1.29 is 14.7 Å². The number of carboxylic acid groups (broad SMARTS) is 1. The molecule has 0 bridgehead atoms. The molecule has 25 heavy (non-hydrogen) atoms. The van der Waals surface area contributed by atoms with Crippen LogP contribution in [-0.4, -0.2) is 28.5 Å². The Bertz CT molecular complexity index is 1000. The normalized spacial score (nSPS) is 10.4. The smallest absolute Gasteiger partial charge is 0.322 e. The van der Waals surface area contributed by atoms with Crippen LogP contribution in [0.5, 0.6) is 0 Å². The van der Waals surface area contributed by atoms with Crippen molar-refractivity contribution >= 4 is 39.1 Å². The van der Waals surface area contributed by atoms with Gasteiger partial charge in [0.1, 0.15) is 11.6 Å². The van der Waals surface area contributed by atoms with Crippen LogP contribution in [0.2, 0.25) is 0 Å². The molecule has 2 aromatic carbocycles. The highest BCUT2D eigenvalue weighted by Gasteiger charge is 2.11. The second kappa shape index (κ2) is 7.11. The van der Waals surface area contributed by atoms with E-state index in [9.17, 15) is 9.59 Å². The molecule has 0 aliphatic heterocycles. The van der Waals surface area contributed by atoms with Crippen LogP contribution in [0.25, 0.3) is 26.2 Å². The van der Waals surface area contributed by atoms with Gasteiger partial charge < -0.3 is 10.4 Å². The van der Waals surface area contributed by atoms with Crippen molar-refractivity contribution in [1.29, 1.82) is 0 Å². The molecule has 0 unspecified atom stereocenters. The molecule has 1 aromatic heterocycles. The van der Waals surface area contributed by atoms with E-state index < -0.39 is 12.5 Å². The Morgan fingerprint density at radius 1 is 1.20 bits per heavy atom. The lowest BCUT2D eigenvalue weighted by molar-refractivity contribution is -0.137. The van der Waals surface area contributed by atoms with Crippen molar-refractivity contribution in [1.82, 2.24) is 10.3 Å². The number of rotatable bonds is 5. The number of aromatic nitrogens is 1. The molecular weight excluding hydrogens is 338 g/mol. The topological polar surface area (TPSA) is 83.7 Å². The van der Waals surface area contributed by atoms with Crippen molar-refractivity contribution in [3.05, 3.63) is 58.9 Å². The van der Waals surface area contributed by atoms with Crippen molar-refractivity contribution in [2.45, 2.75) is 6.42 Å². The fourth-order valence-corrected chi connectivity index (χ4v) is 3.36. The summed E-state index contributed by atoms with van der Waals surface area (Å²) in [5, 5.41) is 11.5. The number of hydrogen-bond acceptors (Lipinski definition) is 4. The standard InChI is InChI=1S/C18H13N3O3S/c1-19-13-4-2-3-11(7-13)12-5-6-14-15(8-12)25-17(21-14)9-16(22)20-10-18(23)24/h2-8H,9-10H2,(H,20,22)(H,23,24). The molecule has 3 rings (SSSR count). The molecule has 0 fully saturated rings. The van der Waals surface area contributed by atoms with Gasteiger partial charge in [0.2, 0.25) is 5.91 Å². The third kappa shape index (κ3) is 4.00. The Balaban J connectivity index is 1.83. The van der Waals surface area contributed by atoms with E-state index in [-0.39, 0.29) is 12.3 Å². The molecule has 0 aliphatic carbocycles. The molecule has 0 spiro atoms. The van der Waals surface area contributed by atoms with Crippen LogP contribution >= 0.6 is 11.3 Å². The monoisotopic (exact) mass is 351 g/mol. The Kier molecular flexibility index (Phi) is 4.73. The Morgan fingerprint density at radius 3 is 2.76 bits per heavy atom. The van der Waals surface area contributed by atoms with Gasteiger partial charge in [-0.15, -0.1) is 11.3 Å². The highest BCUT2D eigenvalue weighted by atomic mass is 32.1. The maximum Gasteiger partial charge on any atom is 0.322 e. The average Bonchev–Trinajstić information content (AvgIpc) is 3.01. The Hall–Kier alpha value is -3.24. The molecule has 3 aromatic rings. The number of hydrogen-bond donors (Lipinski definition) is 2. The summed E-state index contributed by atoms with van der Waals surface area (Å²) in [7, 11) is 0. The first-order chi connectivity index (χ1) is 12.0. The molecule has 0 saturated carbocycles. The summed E-state index contributed by atoms with van der Waals surface area (Å²) in [5.74, 6) is -1.45. The van der Waals surface area contributed by atoms with Gasteiger partial charge in [-0.25, -0.2) is 9.83 Å². The Labute approximate surface area is 147 Å². The number of amides is 1. The zero-order valence-electron chi connectivity index (χ0n) is 13.0. The Morgan fingerprint density at radius 2 is 2.00 bits per heavy atom. The molecule has 6 nitrogen and oxygen atoms in total. The summed E-state index contributed by atoms with van der Waals surface area (Å²) >= 11 is 1.40. The van der Waals surface area contributed by atoms with Gasteiger partial charge in [-0.3, -0.25) is 9.59 Å². The van der Waals surface area contributed by atoms with E-state index in [1.165, 1.54) is 11.3 Å². The van der Waals surface area contributed by atoms with Crippen LogP contribution in [0.3, 0.4) is 0 Å². The summed E-state index contributed by atoms with van der Waals surface area (Å²) in [6.07, 6.45) is 0.0508. The van der Waals surface area contributed by atoms with Crippen LogP contribution in [0.15, 0.2) is 42.5 Å². The highest BCUT2D eigenvalue weighted by molar-refractivity contribution is 7.18. The first kappa shape index (κ1) is 16.6. The van der Waals surface area contributed by atoms with E-state index in [1.807, 2.05) is 36.4 Å². The fourth-order valence-electron chi connectivity index (χ4n) is 2.36. The van der Waals surface area contributed by atoms with E-state index in [0.717, 1.165) is 21.3 Å². The average molecular weight is 351 g/mol. The first-order valence-corrected chi connectivity index (χ1v) is 8.22. The molecule has 7 heteroatoms. The van der Waals surface area contributed by atoms with Gasteiger partial charge in [0.15, 0.2) is 5.69 Å². The third-order valence-corrected chi connectivity index (χ3v) is 4.51. The van der Waals surface area contributed by atoms with E-state index >= 15 is 0 Å². The molecule has 0 saturated heterocycles. The maximum atomic E-state index is 11.7. The number of carbonyl (C=O) groups excluding carboxylic acids is 1. The van der Waals surface area contributed by atoms with Gasteiger partial charge in [0, 0.05) is 0 Å². The molecule has 124 valence electrons. The van der Waals surface area contributed by atoms with Gasteiger partial charge in [-0.1, -0.05) is 24.3 Å². The SMILES string of the molecule is [C-]#[N+]c1cccc(-c2ccc3nc(CC(=O)NCC(=O)O)sc3c2)c1. The molecule has 1 amide bonds. The van der Waals surface area contributed by atoms with E-state index in [2.05, 4.69) is 15.1 Å². The number of nitrogens with one attached hydrogen (secondary N) is 1. The quantitative estimate of drug-likeness (QED) is 0.691. The van der Waals surface area contributed by atoms with Gasteiger partial charge >= 0.3 is 5.97 Å². The second-order valence-corrected chi connectivity index (χ2v) is 6.41. The van der Waals surface area contributed by atoms with E-state index in [1.54, 1.807) is 6.07 Å². The summed E-state index contributed by atoms with van der Waals surface area (Å²) in [6.45, 7) is 6.71. The number of benzene rings is 2. The number of nitrogens with zero attached hydrogens (tertiary/aromatic N) is 2. The summed E-state index contributed by atoms with van der Waals surface area (Å²) < 4.78 is 0.937. The predicted molar refractivity (Wildman–Crippen MR) is 95.7 cm³/mol. The lowest BCUT2D eigenvalue weighted by Gasteiger charge is -2.02. The van der Waals surface area contributed by atoms with Crippen LogP contribution < -0.4 is 5.32 Å². The number of carboxylic acids is 1. The van der Waals surface area contributed by atoms with Gasteiger partial charge in [-0.05, 0) is 29.3 Å². The van der Waals surface area contributed by atoms with Gasteiger partial charge in [-0.2, -0.15) is 0 Å². The third-order valence-electron chi connectivity index (χ3n) is 3.49. The number of carbonyl (C=O) groups is 2. The zero-order chi connectivity index (χ0) is 17.8. The van der Waals surface area contributed by atoms with Crippen LogP contribution in [0.1, 0.15) is 5.01 Å². The van der Waals surface area contributed by atoms with Crippen molar-refractivity contribution in [2.75, 3.05) is 6.54 Å². The molecular formula is C18H13N3O3S. The number of thiazole rings is 1. The van der Waals surface area contributed by atoms with Crippen LogP contribution in [0.4, 0.5) is 5.69 Å². The van der Waals surface area contributed by atoms with E-state index in [4.69, 9.17) is 11.7 Å². The van der Waals surface area contributed by atoms with Crippen molar-refractivity contribution in [3.8, 4) is 11.1 Å². The van der Waals surface area contributed by atoms with Gasteiger partial charge in [0.05, 0.1) is 23.2 Å². The first-order valence-electron chi connectivity index (χ1n) is 7.41. The fraction of sp³-hybridized carbons (Fsp3) is 0.111. The van der Waals surface area contributed by atoms with Crippen LogP contribution in [-0.2, 0) is 16.0 Å². The van der Waals surface area contributed by atoms with Crippen molar-refractivity contribution in [3.63, 3.8) is 0 Å². The molecule has 0 radical (unpaired) electrons. The van der Waals surface area contributed by atoms with Crippen molar-refractivity contribution in [2.24, 2.45) is 0 Å².